The smallest absolute Gasteiger partial charge is 0.294 e. The Morgan fingerprint density at radius 1 is 1.08 bits per heavy atom. The number of benzene rings is 2. The van der Waals surface area contributed by atoms with E-state index < -0.39 is 10.7 Å². The van der Waals surface area contributed by atoms with Gasteiger partial charge in [0.2, 0.25) is 0 Å². The minimum atomic E-state index is -0.520. The number of para-hydroxylation sites is 2. The van der Waals surface area contributed by atoms with Crippen molar-refractivity contribution in [2.75, 3.05) is 0 Å². The Kier molecular flexibility index (Phi) is 5.54. The van der Waals surface area contributed by atoms with Crippen molar-refractivity contribution in [3.05, 3.63) is 75.8 Å². The Labute approximate surface area is 144 Å². The molecule has 0 aromatic heterocycles. The Bertz CT molecular complexity index is 922. The second-order valence-electron chi connectivity index (χ2n) is 5.23. The van der Waals surface area contributed by atoms with Crippen LogP contribution in [0.3, 0.4) is 0 Å². The highest BCUT2D eigenvalue weighted by Gasteiger charge is 2.18. The van der Waals surface area contributed by atoms with Gasteiger partial charge in [-0.25, -0.2) is 4.99 Å². The van der Waals surface area contributed by atoms with Crippen LogP contribution in [0, 0.1) is 21.4 Å². The first kappa shape index (κ1) is 17.8. The Morgan fingerprint density at radius 3 is 2.24 bits per heavy atom. The van der Waals surface area contributed by atoms with Gasteiger partial charge < -0.3 is 0 Å². The fourth-order valence-corrected chi connectivity index (χ4v) is 2.40. The number of rotatable bonds is 5. The molecule has 2 rings (SSSR count). The first-order chi connectivity index (χ1) is 12.0. The average molecular weight is 333 g/mol. The van der Waals surface area contributed by atoms with Gasteiger partial charge in [-0.05, 0) is 25.5 Å². The lowest BCUT2D eigenvalue weighted by atomic mass is 9.94. The van der Waals surface area contributed by atoms with E-state index in [1.54, 1.807) is 43.3 Å². The summed E-state index contributed by atoms with van der Waals surface area (Å²) in [7, 11) is 0. The molecule has 0 spiro atoms. The number of allylic oxidation sites excluding steroid dienone is 2. The van der Waals surface area contributed by atoms with Crippen LogP contribution in [-0.2, 0) is 4.79 Å². The predicted octanol–water partition coefficient (Wildman–Crippen LogP) is 4.25. The van der Waals surface area contributed by atoms with Gasteiger partial charge in [-0.3, -0.25) is 14.9 Å². The van der Waals surface area contributed by atoms with Crippen LogP contribution in [-0.4, -0.2) is 16.4 Å². The standard InChI is InChI=1S/C19H15N3O3/c1-13(21-17-10-6-7-11-18(17)22(24)25)19(16(12-20)14(2)23)15-8-4-3-5-9-15/h3-11H,1-2H3/b19-16+,21-13?. The van der Waals surface area contributed by atoms with Crippen LogP contribution in [0.1, 0.15) is 19.4 Å². The molecule has 0 N–H and O–H groups in total. The maximum absolute atomic E-state index is 11.9. The predicted molar refractivity (Wildman–Crippen MR) is 95.5 cm³/mol. The zero-order valence-electron chi connectivity index (χ0n) is 13.8. The molecule has 0 amide bonds. The van der Waals surface area contributed by atoms with E-state index in [-0.39, 0.29) is 16.9 Å². The first-order valence-electron chi connectivity index (χ1n) is 7.45. The number of carbonyl (C=O) groups is 1. The third-order valence-electron chi connectivity index (χ3n) is 3.50. The Balaban J connectivity index is 2.70. The molecule has 0 fully saturated rings. The summed E-state index contributed by atoms with van der Waals surface area (Å²) in [6, 6.07) is 16.9. The topological polar surface area (TPSA) is 96.4 Å². The Morgan fingerprint density at radius 2 is 1.68 bits per heavy atom. The number of nitro benzene ring substituents is 1. The average Bonchev–Trinajstić information content (AvgIpc) is 2.60. The lowest BCUT2D eigenvalue weighted by Gasteiger charge is -2.10. The molecule has 6 heteroatoms. The van der Waals surface area contributed by atoms with E-state index in [4.69, 9.17) is 0 Å². The second kappa shape index (κ2) is 7.79. The van der Waals surface area contributed by atoms with E-state index in [0.717, 1.165) is 0 Å². The molecule has 0 radical (unpaired) electrons. The lowest BCUT2D eigenvalue weighted by Crippen LogP contribution is -2.06. The van der Waals surface area contributed by atoms with Gasteiger partial charge in [0.05, 0.1) is 4.92 Å². The van der Waals surface area contributed by atoms with Gasteiger partial charge >= 0.3 is 0 Å². The van der Waals surface area contributed by atoms with E-state index >= 15 is 0 Å². The van der Waals surface area contributed by atoms with Crippen molar-refractivity contribution >= 4 is 28.4 Å². The van der Waals surface area contributed by atoms with Crippen LogP contribution in [0.2, 0.25) is 0 Å². The van der Waals surface area contributed by atoms with Crippen LogP contribution in [0.5, 0.6) is 0 Å². The molecule has 0 unspecified atom stereocenters. The van der Waals surface area contributed by atoms with Gasteiger partial charge in [0, 0.05) is 17.4 Å². The van der Waals surface area contributed by atoms with E-state index in [1.165, 1.54) is 19.1 Å². The van der Waals surface area contributed by atoms with Crippen molar-refractivity contribution in [3.63, 3.8) is 0 Å². The highest BCUT2D eigenvalue weighted by atomic mass is 16.6. The fourth-order valence-electron chi connectivity index (χ4n) is 2.40. The molecule has 0 aliphatic carbocycles. The molecule has 0 heterocycles. The molecule has 2 aromatic rings. The Hall–Kier alpha value is -3.59. The van der Waals surface area contributed by atoms with Crippen molar-refractivity contribution in [1.82, 2.24) is 0 Å². The minimum absolute atomic E-state index is 0.0361. The van der Waals surface area contributed by atoms with E-state index in [0.29, 0.717) is 16.8 Å². The molecule has 25 heavy (non-hydrogen) atoms. The number of carbonyl (C=O) groups excluding carboxylic acids is 1. The maximum atomic E-state index is 11.9. The third kappa shape index (κ3) is 4.03. The van der Waals surface area contributed by atoms with E-state index in [1.807, 2.05) is 12.1 Å². The van der Waals surface area contributed by atoms with Gasteiger partial charge in [0.15, 0.2) is 5.78 Å². The number of hydrogen-bond donors (Lipinski definition) is 0. The summed E-state index contributed by atoms with van der Waals surface area (Å²) in [5.41, 5.74) is 1.36. The number of aliphatic imine (C=N–C) groups is 1. The zero-order valence-corrected chi connectivity index (χ0v) is 13.8. The van der Waals surface area contributed by atoms with Gasteiger partial charge in [0.25, 0.3) is 5.69 Å². The number of nitriles is 1. The van der Waals surface area contributed by atoms with Gasteiger partial charge in [-0.15, -0.1) is 0 Å². The maximum Gasteiger partial charge on any atom is 0.294 e. The van der Waals surface area contributed by atoms with Crippen LogP contribution >= 0.6 is 0 Å². The quantitative estimate of drug-likeness (QED) is 0.268. The SMILES string of the molecule is CC(=O)/C(C#N)=C(\C(C)=Nc1ccccc1[N+](=O)[O-])c1ccccc1. The third-order valence-corrected chi connectivity index (χ3v) is 3.50. The van der Waals surface area contributed by atoms with Crippen LogP contribution in [0.25, 0.3) is 5.57 Å². The summed E-state index contributed by atoms with van der Waals surface area (Å²) < 4.78 is 0. The number of nitro groups is 1. The van der Waals surface area contributed by atoms with Crippen molar-refractivity contribution in [2.45, 2.75) is 13.8 Å². The van der Waals surface area contributed by atoms with E-state index in [9.17, 15) is 20.2 Å². The zero-order chi connectivity index (χ0) is 18.4. The largest absolute Gasteiger partial charge is 0.294 e. The first-order valence-corrected chi connectivity index (χ1v) is 7.45. The molecule has 0 aliphatic rings. The molecule has 0 saturated carbocycles. The highest BCUT2D eigenvalue weighted by Crippen LogP contribution is 2.29. The van der Waals surface area contributed by atoms with Crippen molar-refractivity contribution in [2.24, 2.45) is 4.99 Å². The molecule has 0 aliphatic heterocycles. The molecule has 0 bridgehead atoms. The number of ketones is 1. The monoisotopic (exact) mass is 333 g/mol. The molecule has 0 atom stereocenters. The molecular formula is C19H15N3O3. The van der Waals surface area contributed by atoms with Crippen LogP contribution in [0.15, 0.2) is 65.2 Å². The van der Waals surface area contributed by atoms with Gasteiger partial charge in [-0.1, -0.05) is 42.5 Å². The number of hydrogen-bond acceptors (Lipinski definition) is 5. The normalized spacial score (nSPS) is 12.1. The summed E-state index contributed by atoms with van der Waals surface area (Å²) in [5, 5.41) is 20.6. The molecule has 6 nitrogen and oxygen atoms in total. The second-order valence-corrected chi connectivity index (χ2v) is 5.23. The molecular weight excluding hydrogens is 318 g/mol. The lowest BCUT2D eigenvalue weighted by molar-refractivity contribution is -0.384. The van der Waals surface area contributed by atoms with Crippen molar-refractivity contribution in [3.8, 4) is 6.07 Å². The molecule has 2 aromatic carbocycles. The summed E-state index contributed by atoms with van der Waals surface area (Å²) >= 11 is 0. The summed E-state index contributed by atoms with van der Waals surface area (Å²) in [5.74, 6) is -0.390. The van der Waals surface area contributed by atoms with E-state index in [2.05, 4.69) is 4.99 Å². The summed E-state index contributed by atoms with van der Waals surface area (Å²) in [6.07, 6.45) is 0. The highest BCUT2D eigenvalue weighted by molar-refractivity contribution is 6.30. The summed E-state index contributed by atoms with van der Waals surface area (Å²) in [4.78, 5) is 26.8. The molecule has 124 valence electrons. The number of nitrogens with zero attached hydrogens (tertiary/aromatic N) is 3. The van der Waals surface area contributed by atoms with Crippen molar-refractivity contribution < 1.29 is 9.72 Å². The number of Topliss-reactive ketones (excluding diaryl/α,β-unsaturated/α-hetero) is 1. The van der Waals surface area contributed by atoms with Crippen molar-refractivity contribution in [1.29, 1.82) is 5.26 Å². The van der Waals surface area contributed by atoms with Crippen LogP contribution in [0.4, 0.5) is 11.4 Å². The van der Waals surface area contributed by atoms with Gasteiger partial charge in [-0.2, -0.15) is 5.26 Å². The molecule has 0 saturated heterocycles. The minimum Gasteiger partial charge on any atom is -0.294 e. The van der Waals surface area contributed by atoms with Gasteiger partial charge in [0.1, 0.15) is 17.3 Å². The summed E-state index contributed by atoms with van der Waals surface area (Å²) in [6.45, 7) is 2.93. The fraction of sp³-hybridized carbons (Fsp3) is 0.105. The van der Waals surface area contributed by atoms with Crippen LogP contribution < -0.4 is 0 Å².